The zero-order valence-corrected chi connectivity index (χ0v) is 17.3. The number of nitrogens with zero attached hydrogens (tertiary/aromatic N) is 3. The highest BCUT2D eigenvalue weighted by Gasteiger charge is 2.33. The van der Waals surface area contributed by atoms with Crippen molar-refractivity contribution in [3.8, 4) is 0 Å². The van der Waals surface area contributed by atoms with Crippen molar-refractivity contribution in [1.82, 2.24) is 0 Å². The first-order chi connectivity index (χ1) is 14.4. The first kappa shape index (κ1) is 19.9. The van der Waals surface area contributed by atoms with Gasteiger partial charge in [-0.1, -0.05) is 35.9 Å². The van der Waals surface area contributed by atoms with Gasteiger partial charge in [-0.25, -0.2) is 9.38 Å². The number of aliphatic imine (C=N–C) groups is 1. The summed E-state index contributed by atoms with van der Waals surface area (Å²) in [5, 5.41) is 0.479. The van der Waals surface area contributed by atoms with Crippen molar-refractivity contribution in [3.05, 3.63) is 100 Å². The Morgan fingerprint density at radius 2 is 1.63 bits per heavy atom. The van der Waals surface area contributed by atoms with E-state index < -0.39 is 0 Å². The fourth-order valence-corrected chi connectivity index (χ4v) is 3.42. The average Bonchev–Trinajstić information content (AvgIpc) is 3.05. The van der Waals surface area contributed by atoms with Crippen molar-refractivity contribution >= 4 is 40.8 Å². The standard InChI is InChI=1S/C24H19ClFN3O/c1-28(2)18-11-7-16(8-12-18)15-22-24(30)29(19-13-9-17(26)10-14-19)23(27-22)20-5-3-4-6-21(20)25/h3-15H,1-2H3/b22-15+. The fourth-order valence-electron chi connectivity index (χ4n) is 3.20. The van der Waals surface area contributed by atoms with E-state index in [2.05, 4.69) is 4.99 Å². The number of amides is 1. The number of rotatable bonds is 4. The maximum atomic E-state index is 13.4. The third-order valence-corrected chi connectivity index (χ3v) is 5.10. The van der Waals surface area contributed by atoms with Crippen LogP contribution >= 0.6 is 11.6 Å². The molecule has 0 saturated carbocycles. The second-order valence-electron chi connectivity index (χ2n) is 7.05. The van der Waals surface area contributed by atoms with Crippen LogP contribution in [0.15, 0.2) is 83.5 Å². The lowest BCUT2D eigenvalue weighted by Gasteiger charge is -2.19. The normalized spacial score (nSPS) is 14.9. The first-order valence-electron chi connectivity index (χ1n) is 9.37. The van der Waals surface area contributed by atoms with Gasteiger partial charge in [-0.3, -0.25) is 9.69 Å². The van der Waals surface area contributed by atoms with Crippen molar-refractivity contribution in [3.63, 3.8) is 0 Å². The van der Waals surface area contributed by atoms with Gasteiger partial charge in [-0.2, -0.15) is 0 Å². The lowest BCUT2D eigenvalue weighted by atomic mass is 10.1. The zero-order chi connectivity index (χ0) is 21.3. The van der Waals surface area contributed by atoms with Crippen molar-refractivity contribution in [2.75, 3.05) is 23.9 Å². The minimum Gasteiger partial charge on any atom is -0.378 e. The summed E-state index contributed by atoms with van der Waals surface area (Å²) in [7, 11) is 3.93. The van der Waals surface area contributed by atoms with Gasteiger partial charge in [0.1, 0.15) is 17.3 Å². The molecular formula is C24H19ClFN3O. The summed E-state index contributed by atoms with van der Waals surface area (Å²) in [4.78, 5) is 21.3. The lowest BCUT2D eigenvalue weighted by Crippen LogP contribution is -2.32. The maximum Gasteiger partial charge on any atom is 0.282 e. The van der Waals surface area contributed by atoms with Crippen LogP contribution in [0.4, 0.5) is 15.8 Å². The Balaban J connectivity index is 1.79. The molecule has 0 fully saturated rings. The monoisotopic (exact) mass is 419 g/mol. The molecule has 0 aromatic heterocycles. The summed E-state index contributed by atoms with van der Waals surface area (Å²) in [6.07, 6.45) is 1.74. The van der Waals surface area contributed by atoms with E-state index in [1.54, 1.807) is 30.3 Å². The summed E-state index contributed by atoms with van der Waals surface area (Å²) in [6, 6.07) is 20.7. The second-order valence-corrected chi connectivity index (χ2v) is 7.45. The molecule has 1 aliphatic rings. The molecule has 4 rings (SSSR count). The van der Waals surface area contributed by atoms with Crippen molar-refractivity contribution in [2.45, 2.75) is 0 Å². The van der Waals surface area contributed by atoms with Crippen LogP contribution in [0, 0.1) is 5.82 Å². The molecule has 0 unspecified atom stereocenters. The third-order valence-electron chi connectivity index (χ3n) is 4.77. The molecule has 0 N–H and O–H groups in total. The van der Waals surface area contributed by atoms with Gasteiger partial charge in [0.25, 0.3) is 5.91 Å². The Morgan fingerprint density at radius 3 is 2.27 bits per heavy atom. The molecule has 0 aliphatic carbocycles. The van der Waals surface area contributed by atoms with Gasteiger partial charge >= 0.3 is 0 Å². The SMILES string of the molecule is CN(C)c1ccc(/C=C2/N=C(c3ccccc3Cl)N(c3ccc(F)cc3)C2=O)cc1. The van der Waals surface area contributed by atoms with E-state index in [1.165, 1.54) is 17.0 Å². The van der Waals surface area contributed by atoms with Crippen LogP contribution in [0.25, 0.3) is 6.08 Å². The Kier molecular flexibility index (Phi) is 5.38. The topological polar surface area (TPSA) is 35.9 Å². The quantitative estimate of drug-likeness (QED) is 0.532. The highest BCUT2D eigenvalue weighted by molar-refractivity contribution is 6.39. The minimum absolute atomic E-state index is 0.284. The molecule has 1 aliphatic heterocycles. The molecule has 0 spiro atoms. The molecule has 0 radical (unpaired) electrons. The summed E-state index contributed by atoms with van der Waals surface area (Å²) < 4.78 is 13.4. The molecule has 1 heterocycles. The average molecular weight is 420 g/mol. The van der Waals surface area contributed by atoms with Crippen LogP contribution in [-0.2, 0) is 4.79 Å². The van der Waals surface area contributed by atoms with Gasteiger partial charge < -0.3 is 4.90 Å². The van der Waals surface area contributed by atoms with Crippen molar-refractivity contribution in [1.29, 1.82) is 0 Å². The Hall–Kier alpha value is -3.44. The molecule has 0 atom stereocenters. The molecular weight excluding hydrogens is 401 g/mol. The van der Waals surface area contributed by atoms with E-state index in [9.17, 15) is 9.18 Å². The van der Waals surface area contributed by atoms with E-state index in [0.717, 1.165) is 11.3 Å². The number of carbonyl (C=O) groups excluding carboxylic acids is 1. The zero-order valence-electron chi connectivity index (χ0n) is 16.5. The minimum atomic E-state index is -0.377. The number of carbonyl (C=O) groups is 1. The third kappa shape index (κ3) is 3.84. The molecule has 1 amide bonds. The largest absolute Gasteiger partial charge is 0.378 e. The summed E-state index contributed by atoms with van der Waals surface area (Å²) in [5.41, 5.74) is 3.34. The number of amidine groups is 1. The molecule has 4 nitrogen and oxygen atoms in total. The van der Waals surface area contributed by atoms with Gasteiger partial charge in [-0.05, 0) is 60.2 Å². The van der Waals surface area contributed by atoms with E-state index >= 15 is 0 Å². The van der Waals surface area contributed by atoms with Crippen LogP contribution < -0.4 is 9.80 Å². The van der Waals surface area contributed by atoms with Crippen molar-refractivity contribution in [2.24, 2.45) is 4.99 Å². The van der Waals surface area contributed by atoms with Gasteiger partial charge in [0.05, 0.1) is 10.7 Å². The highest BCUT2D eigenvalue weighted by Crippen LogP contribution is 2.30. The van der Waals surface area contributed by atoms with Gasteiger partial charge in [-0.15, -0.1) is 0 Å². The Morgan fingerprint density at radius 1 is 0.967 bits per heavy atom. The van der Waals surface area contributed by atoms with Gasteiger partial charge in [0.2, 0.25) is 0 Å². The van der Waals surface area contributed by atoms with Crippen molar-refractivity contribution < 1.29 is 9.18 Å². The number of anilines is 2. The van der Waals surface area contributed by atoms with E-state index in [1.807, 2.05) is 55.4 Å². The van der Waals surface area contributed by atoms with E-state index in [0.29, 0.717) is 22.1 Å². The maximum absolute atomic E-state index is 13.4. The Labute approximate surface area is 179 Å². The molecule has 30 heavy (non-hydrogen) atoms. The summed E-state index contributed by atoms with van der Waals surface area (Å²) >= 11 is 6.38. The molecule has 0 bridgehead atoms. The highest BCUT2D eigenvalue weighted by atomic mass is 35.5. The summed E-state index contributed by atoms with van der Waals surface area (Å²) in [5.74, 6) is -0.264. The number of benzene rings is 3. The van der Waals surface area contributed by atoms with Gasteiger partial charge in [0, 0.05) is 25.3 Å². The van der Waals surface area contributed by atoms with Crippen LogP contribution in [0.2, 0.25) is 5.02 Å². The first-order valence-corrected chi connectivity index (χ1v) is 9.74. The second kappa shape index (κ2) is 8.13. The number of hydrogen-bond acceptors (Lipinski definition) is 3. The fraction of sp³-hybridized carbons (Fsp3) is 0.0833. The molecule has 6 heteroatoms. The number of halogens is 2. The smallest absolute Gasteiger partial charge is 0.282 e. The van der Waals surface area contributed by atoms with Crippen LogP contribution in [0.3, 0.4) is 0 Å². The molecule has 150 valence electrons. The molecule has 3 aromatic carbocycles. The molecule has 3 aromatic rings. The predicted octanol–water partition coefficient (Wildman–Crippen LogP) is 5.38. The Bertz CT molecular complexity index is 1150. The predicted molar refractivity (Wildman–Crippen MR) is 121 cm³/mol. The van der Waals surface area contributed by atoms with E-state index in [4.69, 9.17) is 11.6 Å². The number of hydrogen-bond donors (Lipinski definition) is 0. The summed E-state index contributed by atoms with van der Waals surface area (Å²) in [6.45, 7) is 0. The van der Waals surface area contributed by atoms with Crippen LogP contribution in [0.5, 0.6) is 0 Å². The van der Waals surface area contributed by atoms with Gasteiger partial charge in [0.15, 0.2) is 0 Å². The lowest BCUT2D eigenvalue weighted by molar-refractivity contribution is -0.113. The van der Waals surface area contributed by atoms with Crippen LogP contribution in [0.1, 0.15) is 11.1 Å². The molecule has 0 saturated heterocycles. The van der Waals surface area contributed by atoms with E-state index in [-0.39, 0.29) is 17.4 Å². The van der Waals surface area contributed by atoms with Crippen LogP contribution in [-0.4, -0.2) is 25.8 Å².